The van der Waals surface area contributed by atoms with Crippen LogP contribution in [0.5, 0.6) is 0 Å². The van der Waals surface area contributed by atoms with E-state index < -0.39 is 0 Å². The third kappa shape index (κ3) is 0.870. The van der Waals surface area contributed by atoms with Crippen LogP contribution in [0.1, 0.15) is 9.23 Å². The zero-order valence-electron chi connectivity index (χ0n) is 5.03. The summed E-state index contributed by atoms with van der Waals surface area (Å²) < 4.78 is 3.61. The third-order valence-corrected chi connectivity index (χ3v) is 4.58. The summed E-state index contributed by atoms with van der Waals surface area (Å²) in [5.74, 6) is 0. The van der Waals surface area contributed by atoms with E-state index in [0.29, 0.717) is 14.5 Å². The van der Waals surface area contributed by atoms with Crippen molar-refractivity contribution in [3.8, 4) is 0 Å². The van der Waals surface area contributed by atoms with Crippen molar-refractivity contribution in [3.05, 3.63) is 22.0 Å². The maximum absolute atomic E-state index is 10.3. The number of fused-ring (bicyclic) bond motifs is 1. The Bertz CT molecular complexity index is 332. The van der Waals surface area contributed by atoms with Gasteiger partial charge in [0.2, 0.25) is 0 Å². The first-order valence-electron chi connectivity index (χ1n) is 2.82. The molecular formula is C7H4OSSe. The molecule has 2 aromatic heterocycles. The zero-order chi connectivity index (χ0) is 6.97. The van der Waals surface area contributed by atoms with Crippen molar-refractivity contribution in [1.82, 2.24) is 0 Å². The van der Waals surface area contributed by atoms with Crippen LogP contribution in [0.3, 0.4) is 0 Å². The Morgan fingerprint density at radius 3 is 3.20 bits per heavy atom. The standard InChI is InChI=1S/C7H4OSSe/c8-4-5-3-6-7(10-5)1-2-9-6/h1-4H. The van der Waals surface area contributed by atoms with Gasteiger partial charge in [0.15, 0.2) is 0 Å². The van der Waals surface area contributed by atoms with Gasteiger partial charge in [-0.3, -0.25) is 0 Å². The first-order valence-corrected chi connectivity index (χ1v) is 5.41. The molecule has 50 valence electrons. The van der Waals surface area contributed by atoms with Crippen LogP contribution in [0.2, 0.25) is 0 Å². The van der Waals surface area contributed by atoms with Gasteiger partial charge in [0.25, 0.3) is 0 Å². The van der Waals surface area contributed by atoms with Gasteiger partial charge in [0, 0.05) is 0 Å². The van der Waals surface area contributed by atoms with Gasteiger partial charge in [0.1, 0.15) is 0 Å². The summed E-state index contributed by atoms with van der Waals surface area (Å²) in [6.07, 6.45) is 0.965. The van der Waals surface area contributed by atoms with Crippen molar-refractivity contribution in [1.29, 1.82) is 0 Å². The normalized spacial score (nSPS) is 10.4. The Kier molecular flexibility index (Phi) is 1.49. The molecule has 2 rings (SSSR count). The van der Waals surface area contributed by atoms with Gasteiger partial charge in [-0.15, -0.1) is 0 Å². The van der Waals surface area contributed by atoms with E-state index in [9.17, 15) is 4.79 Å². The van der Waals surface area contributed by atoms with E-state index in [-0.39, 0.29) is 0 Å². The van der Waals surface area contributed by atoms with Gasteiger partial charge in [-0.25, -0.2) is 0 Å². The van der Waals surface area contributed by atoms with Crippen LogP contribution in [-0.2, 0) is 0 Å². The molecule has 0 unspecified atom stereocenters. The number of rotatable bonds is 1. The molecule has 0 radical (unpaired) electrons. The molecule has 0 N–H and O–H groups in total. The van der Waals surface area contributed by atoms with E-state index in [2.05, 4.69) is 11.4 Å². The summed E-state index contributed by atoms with van der Waals surface area (Å²) in [7, 11) is 0. The van der Waals surface area contributed by atoms with Crippen molar-refractivity contribution in [2.24, 2.45) is 0 Å². The number of hydrogen-bond donors (Lipinski definition) is 0. The van der Waals surface area contributed by atoms with Gasteiger partial charge in [-0.1, -0.05) is 0 Å². The summed E-state index contributed by atoms with van der Waals surface area (Å²) in [6, 6.07) is 4.10. The molecule has 0 saturated carbocycles. The van der Waals surface area contributed by atoms with E-state index >= 15 is 0 Å². The number of aldehydes is 1. The Labute approximate surface area is 68.0 Å². The van der Waals surface area contributed by atoms with Crippen LogP contribution in [0.4, 0.5) is 0 Å². The minimum absolute atomic E-state index is 0.303. The van der Waals surface area contributed by atoms with Crippen LogP contribution < -0.4 is 0 Å². The molecule has 0 saturated heterocycles. The Balaban J connectivity index is 2.78. The van der Waals surface area contributed by atoms with Crippen molar-refractivity contribution < 1.29 is 4.79 Å². The molecule has 3 heteroatoms. The molecule has 0 aliphatic rings. The number of carbonyl (C=O) groups is 1. The predicted octanol–water partition coefficient (Wildman–Crippen LogP) is 1.77. The van der Waals surface area contributed by atoms with E-state index in [1.165, 1.54) is 8.96 Å². The fraction of sp³-hybridized carbons (Fsp3) is 0. The molecule has 0 bridgehead atoms. The molecule has 0 atom stereocenters. The fourth-order valence-electron chi connectivity index (χ4n) is 0.843. The number of hydrogen-bond acceptors (Lipinski definition) is 2. The SMILES string of the molecule is O=Cc1cc2sccc2[se]1. The Morgan fingerprint density at radius 2 is 2.50 bits per heavy atom. The monoisotopic (exact) mass is 216 g/mol. The summed E-state index contributed by atoms with van der Waals surface area (Å²) in [6.45, 7) is 0. The molecule has 0 spiro atoms. The van der Waals surface area contributed by atoms with Gasteiger partial charge in [-0.05, 0) is 0 Å². The van der Waals surface area contributed by atoms with Gasteiger partial charge in [-0.2, -0.15) is 0 Å². The Morgan fingerprint density at radius 1 is 1.60 bits per heavy atom. The molecule has 0 aliphatic heterocycles. The van der Waals surface area contributed by atoms with Crippen molar-refractivity contribution in [2.75, 3.05) is 0 Å². The van der Waals surface area contributed by atoms with E-state index in [0.717, 1.165) is 10.7 Å². The maximum atomic E-state index is 10.3. The second-order valence-electron chi connectivity index (χ2n) is 1.92. The second-order valence-corrected chi connectivity index (χ2v) is 5.20. The fourth-order valence-corrected chi connectivity index (χ4v) is 4.08. The molecule has 2 heterocycles. The average molecular weight is 215 g/mol. The molecule has 1 nitrogen and oxygen atoms in total. The van der Waals surface area contributed by atoms with Crippen LogP contribution in [0.25, 0.3) is 8.96 Å². The van der Waals surface area contributed by atoms with Crippen molar-refractivity contribution >= 4 is 41.1 Å². The first-order chi connectivity index (χ1) is 4.90. The van der Waals surface area contributed by atoms with Crippen LogP contribution in [-0.4, -0.2) is 20.8 Å². The molecule has 2 aromatic rings. The molecule has 0 aromatic carbocycles. The van der Waals surface area contributed by atoms with Crippen molar-refractivity contribution in [3.63, 3.8) is 0 Å². The molecule has 0 aliphatic carbocycles. The van der Waals surface area contributed by atoms with Crippen LogP contribution >= 0.6 is 11.3 Å². The summed E-state index contributed by atoms with van der Waals surface area (Å²) >= 11 is 2.01. The van der Waals surface area contributed by atoms with Crippen LogP contribution in [0, 0.1) is 0 Å². The first kappa shape index (κ1) is 6.35. The van der Waals surface area contributed by atoms with Crippen molar-refractivity contribution in [2.45, 2.75) is 0 Å². The van der Waals surface area contributed by atoms with Gasteiger partial charge in [0.05, 0.1) is 0 Å². The summed E-state index contributed by atoms with van der Waals surface area (Å²) in [5.41, 5.74) is 0. The molecule has 0 fully saturated rings. The second kappa shape index (κ2) is 2.35. The zero-order valence-corrected chi connectivity index (χ0v) is 7.56. The molecule has 10 heavy (non-hydrogen) atoms. The van der Waals surface area contributed by atoms with Gasteiger partial charge < -0.3 is 0 Å². The summed E-state index contributed by atoms with van der Waals surface area (Å²) in [4.78, 5) is 10.3. The number of thiophene rings is 1. The van der Waals surface area contributed by atoms with E-state index in [4.69, 9.17) is 0 Å². The Hall–Kier alpha value is -0.371. The average Bonchev–Trinajstić information content (AvgIpc) is 2.42. The minimum atomic E-state index is 0.303. The third-order valence-electron chi connectivity index (χ3n) is 1.27. The number of carbonyl (C=O) groups excluding carboxylic acids is 1. The molecule has 0 amide bonds. The van der Waals surface area contributed by atoms with E-state index in [1.54, 1.807) is 11.3 Å². The topological polar surface area (TPSA) is 17.1 Å². The molecular weight excluding hydrogens is 211 g/mol. The summed E-state index contributed by atoms with van der Waals surface area (Å²) in [5, 5.41) is 2.07. The quantitative estimate of drug-likeness (QED) is 0.523. The predicted molar refractivity (Wildman–Crippen MR) is 44.2 cm³/mol. The van der Waals surface area contributed by atoms with E-state index in [1.807, 2.05) is 6.07 Å². The van der Waals surface area contributed by atoms with Gasteiger partial charge >= 0.3 is 67.8 Å². The van der Waals surface area contributed by atoms with Crippen LogP contribution in [0.15, 0.2) is 17.5 Å².